The molecule has 1 aromatic heterocycles. The van der Waals surface area contributed by atoms with Crippen molar-refractivity contribution in [1.82, 2.24) is 20.0 Å². The van der Waals surface area contributed by atoms with Crippen LogP contribution in [0.25, 0.3) is 11.3 Å². The molecule has 3 rings (SSSR count). The van der Waals surface area contributed by atoms with E-state index in [1.165, 1.54) is 0 Å². The number of amides is 1. The van der Waals surface area contributed by atoms with Gasteiger partial charge in [-0.3, -0.25) is 14.4 Å². The Kier molecular flexibility index (Phi) is 6.31. The zero-order valence-corrected chi connectivity index (χ0v) is 16.0. The van der Waals surface area contributed by atoms with E-state index in [4.69, 9.17) is 14.2 Å². The van der Waals surface area contributed by atoms with Crippen LogP contribution in [0.3, 0.4) is 0 Å². The minimum atomic E-state index is -0.142. The third kappa shape index (κ3) is 4.58. The minimum Gasteiger partial charge on any atom is -0.497 e. The van der Waals surface area contributed by atoms with E-state index in [0.29, 0.717) is 29.4 Å². The summed E-state index contributed by atoms with van der Waals surface area (Å²) in [7, 11) is 4.96. The Morgan fingerprint density at radius 3 is 2.70 bits per heavy atom. The van der Waals surface area contributed by atoms with Gasteiger partial charge in [0.05, 0.1) is 33.1 Å². The maximum Gasteiger partial charge on any atom is 0.269 e. The summed E-state index contributed by atoms with van der Waals surface area (Å²) in [6.07, 6.45) is 0. The first-order valence-electron chi connectivity index (χ1n) is 8.97. The van der Waals surface area contributed by atoms with Gasteiger partial charge in [0, 0.05) is 44.9 Å². The standard InChI is InChI=1S/C19H26N4O4/c1-22-17(19(24)20-6-7-23-8-10-27-11-9-23)13-16(21-22)15-5-4-14(25-2)12-18(15)26-3/h4-5,12-13H,6-11H2,1-3H3,(H,20,24). The number of carbonyl (C=O) groups excluding carboxylic acids is 1. The Labute approximate surface area is 159 Å². The predicted octanol–water partition coefficient (Wildman–Crippen LogP) is 1.17. The fourth-order valence-corrected chi connectivity index (χ4v) is 3.06. The molecule has 0 unspecified atom stereocenters. The number of hydrogen-bond acceptors (Lipinski definition) is 6. The molecule has 1 N–H and O–H groups in total. The second-order valence-electron chi connectivity index (χ2n) is 6.31. The van der Waals surface area contributed by atoms with Gasteiger partial charge in [-0.1, -0.05) is 0 Å². The number of aryl methyl sites for hydroxylation is 1. The van der Waals surface area contributed by atoms with Gasteiger partial charge in [-0.15, -0.1) is 0 Å². The van der Waals surface area contributed by atoms with Crippen LogP contribution in [0, 0.1) is 0 Å². The molecule has 1 amide bonds. The van der Waals surface area contributed by atoms with Gasteiger partial charge in [0.25, 0.3) is 5.91 Å². The Hall–Kier alpha value is -2.58. The third-order valence-corrected chi connectivity index (χ3v) is 4.61. The van der Waals surface area contributed by atoms with Gasteiger partial charge >= 0.3 is 0 Å². The second kappa shape index (κ2) is 8.88. The fraction of sp³-hybridized carbons (Fsp3) is 0.474. The number of rotatable bonds is 7. The molecular weight excluding hydrogens is 348 g/mol. The normalized spacial score (nSPS) is 14.8. The van der Waals surface area contributed by atoms with E-state index in [2.05, 4.69) is 15.3 Å². The van der Waals surface area contributed by atoms with E-state index in [0.717, 1.165) is 38.4 Å². The van der Waals surface area contributed by atoms with Crippen molar-refractivity contribution in [3.05, 3.63) is 30.0 Å². The lowest BCUT2D eigenvalue weighted by atomic mass is 10.1. The summed E-state index contributed by atoms with van der Waals surface area (Å²) in [5.74, 6) is 1.20. The Morgan fingerprint density at radius 1 is 1.22 bits per heavy atom. The van der Waals surface area contributed by atoms with Gasteiger partial charge in [-0.25, -0.2) is 0 Å². The SMILES string of the molecule is COc1ccc(-c2cc(C(=O)NCCN3CCOCC3)n(C)n2)c(OC)c1. The topological polar surface area (TPSA) is 77.9 Å². The molecule has 0 atom stereocenters. The van der Waals surface area contributed by atoms with E-state index < -0.39 is 0 Å². The molecule has 2 heterocycles. The molecule has 0 bridgehead atoms. The van der Waals surface area contributed by atoms with Crippen molar-refractivity contribution < 1.29 is 19.0 Å². The van der Waals surface area contributed by atoms with Crippen LogP contribution < -0.4 is 14.8 Å². The predicted molar refractivity (Wildman–Crippen MR) is 101 cm³/mol. The van der Waals surface area contributed by atoms with Crippen molar-refractivity contribution in [1.29, 1.82) is 0 Å². The molecule has 1 aromatic carbocycles. The van der Waals surface area contributed by atoms with Crippen LogP contribution >= 0.6 is 0 Å². The highest BCUT2D eigenvalue weighted by Crippen LogP contribution is 2.32. The second-order valence-corrected chi connectivity index (χ2v) is 6.31. The van der Waals surface area contributed by atoms with Crippen LogP contribution in [-0.2, 0) is 11.8 Å². The van der Waals surface area contributed by atoms with Crippen molar-refractivity contribution in [3.63, 3.8) is 0 Å². The minimum absolute atomic E-state index is 0.142. The Bertz CT molecular complexity index is 784. The van der Waals surface area contributed by atoms with Crippen LogP contribution in [-0.4, -0.2) is 74.2 Å². The molecule has 0 saturated carbocycles. The van der Waals surface area contributed by atoms with Crippen molar-refractivity contribution in [3.8, 4) is 22.8 Å². The molecule has 1 aliphatic rings. The summed E-state index contributed by atoms with van der Waals surface area (Å²) in [6, 6.07) is 7.29. The monoisotopic (exact) mass is 374 g/mol. The quantitative estimate of drug-likeness (QED) is 0.784. The maximum atomic E-state index is 12.5. The van der Waals surface area contributed by atoms with Crippen LogP contribution in [0.5, 0.6) is 11.5 Å². The van der Waals surface area contributed by atoms with Crippen molar-refractivity contribution in [2.24, 2.45) is 7.05 Å². The molecule has 0 spiro atoms. The highest BCUT2D eigenvalue weighted by Gasteiger charge is 2.17. The molecule has 8 nitrogen and oxygen atoms in total. The van der Waals surface area contributed by atoms with Gasteiger partial charge in [-0.2, -0.15) is 5.10 Å². The molecule has 146 valence electrons. The number of carbonyl (C=O) groups is 1. The van der Waals surface area contributed by atoms with Gasteiger partial charge in [-0.05, 0) is 18.2 Å². The zero-order chi connectivity index (χ0) is 19.2. The summed E-state index contributed by atoms with van der Waals surface area (Å²) in [5.41, 5.74) is 1.99. The number of ether oxygens (including phenoxy) is 3. The lowest BCUT2D eigenvalue weighted by Crippen LogP contribution is -2.41. The van der Waals surface area contributed by atoms with E-state index in [-0.39, 0.29) is 5.91 Å². The van der Waals surface area contributed by atoms with Gasteiger partial charge < -0.3 is 19.5 Å². The van der Waals surface area contributed by atoms with Crippen molar-refractivity contribution >= 4 is 5.91 Å². The summed E-state index contributed by atoms with van der Waals surface area (Å²) in [4.78, 5) is 14.8. The van der Waals surface area contributed by atoms with Gasteiger partial charge in [0.2, 0.25) is 0 Å². The molecule has 2 aromatic rings. The first kappa shape index (κ1) is 19.2. The number of nitrogens with one attached hydrogen (secondary N) is 1. The number of morpholine rings is 1. The molecule has 0 radical (unpaired) electrons. The average Bonchev–Trinajstić information content (AvgIpc) is 3.09. The highest BCUT2D eigenvalue weighted by atomic mass is 16.5. The van der Waals surface area contributed by atoms with Crippen molar-refractivity contribution in [2.75, 3.05) is 53.6 Å². The van der Waals surface area contributed by atoms with E-state index >= 15 is 0 Å². The van der Waals surface area contributed by atoms with Crippen LogP contribution in [0.2, 0.25) is 0 Å². The van der Waals surface area contributed by atoms with Gasteiger partial charge in [0.15, 0.2) is 0 Å². The average molecular weight is 374 g/mol. The molecule has 27 heavy (non-hydrogen) atoms. The highest BCUT2D eigenvalue weighted by molar-refractivity contribution is 5.93. The van der Waals surface area contributed by atoms with E-state index in [9.17, 15) is 4.79 Å². The number of methoxy groups -OCH3 is 2. The van der Waals surface area contributed by atoms with E-state index in [1.807, 2.05) is 12.1 Å². The molecule has 0 aliphatic carbocycles. The van der Waals surface area contributed by atoms with Crippen LogP contribution in [0.15, 0.2) is 24.3 Å². The zero-order valence-electron chi connectivity index (χ0n) is 16.0. The molecule has 1 aliphatic heterocycles. The number of hydrogen-bond donors (Lipinski definition) is 1. The van der Waals surface area contributed by atoms with Gasteiger partial charge in [0.1, 0.15) is 17.2 Å². The maximum absolute atomic E-state index is 12.5. The third-order valence-electron chi connectivity index (χ3n) is 4.61. The van der Waals surface area contributed by atoms with E-state index in [1.54, 1.807) is 38.1 Å². The fourth-order valence-electron chi connectivity index (χ4n) is 3.06. The molecular formula is C19H26N4O4. The van der Waals surface area contributed by atoms with Crippen LogP contribution in [0.1, 0.15) is 10.5 Å². The van der Waals surface area contributed by atoms with Crippen LogP contribution in [0.4, 0.5) is 0 Å². The Balaban J connectivity index is 1.67. The number of nitrogens with zero attached hydrogens (tertiary/aromatic N) is 3. The first-order valence-corrected chi connectivity index (χ1v) is 8.97. The molecule has 1 fully saturated rings. The largest absolute Gasteiger partial charge is 0.497 e. The summed E-state index contributed by atoms with van der Waals surface area (Å²) >= 11 is 0. The summed E-state index contributed by atoms with van der Waals surface area (Å²) in [6.45, 7) is 4.72. The summed E-state index contributed by atoms with van der Waals surface area (Å²) < 4.78 is 17.6. The Morgan fingerprint density at radius 2 is 2.00 bits per heavy atom. The lowest BCUT2D eigenvalue weighted by molar-refractivity contribution is 0.0383. The number of aromatic nitrogens is 2. The smallest absolute Gasteiger partial charge is 0.269 e. The number of benzene rings is 1. The molecule has 8 heteroatoms. The molecule has 1 saturated heterocycles. The first-order chi connectivity index (χ1) is 13.1. The van der Waals surface area contributed by atoms with Crippen molar-refractivity contribution in [2.45, 2.75) is 0 Å². The summed E-state index contributed by atoms with van der Waals surface area (Å²) in [5, 5.41) is 7.44. The lowest BCUT2D eigenvalue weighted by Gasteiger charge is -2.26.